The van der Waals surface area contributed by atoms with Crippen molar-refractivity contribution >= 4 is 34.0 Å². The normalized spacial score (nSPS) is 22.9. The third-order valence-electron chi connectivity index (χ3n) is 8.58. The van der Waals surface area contributed by atoms with Crippen LogP contribution in [0.3, 0.4) is 0 Å². The van der Waals surface area contributed by atoms with Gasteiger partial charge in [0.1, 0.15) is 5.69 Å². The Labute approximate surface area is 209 Å². The Hall–Kier alpha value is -3.01. The summed E-state index contributed by atoms with van der Waals surface area (Å²) in [6.45, 7) is 13.6. The van der Waals surface area contributed by atoms with Gasteiger partial charge in [-0.15, -0.1) is 0 Å². The van der Waals surface area contributed by atoms with Crippen molar-refractivity contribution in [2.24, 2.45) is 4.99 Å². The quantitative estimate of drug-likeness (QED) is 0.375. The Balaban J connectivity index is 1.55. The first-order valence-electron chi connectivity index (χ1n) is 13.1. The molecule has 4 heteroatoms. The number of aliphatic imine (C=N–C) groups is 1. The fourth-order valence-electron chi connectivity index (χ4n) is 6.32. The van der Waals surface area contributed by atoms with Crippen molar-refractivity contribution in [3.63, 3.8) is 0 Å². The molecule has 0 aromatic heterocycles. The molecule has 3 aliphatic heterocycles. The van der Waals surface area contributed by atoms with Crippen molar-refractivity contribution < 1.29 is 4.74 Å². The van der Waals surface area contributed by atoms with Gasteiger partial charge >= 0.3 is 0 Å². The molecular weight excluding hydrogens is 430 g/mol. The van der Waals surface area contributed by atoms with Gasteiger partial charge in [0.25, 0.3) is 0 Å². The van der Waals surface area contributed by atoms with E-state index in [4.69, 9.17) is 9.73 Å². The number of anilines is 2. The van der Waals surface area contributed by atoms with Gasteiger partial charge in [0.05, 0.1) is 11.6 Å². The second-order valence-corrected chi connectivity index (χ2v) is 12.1. The Bertz CT molecular complexity index is 1340. The molecule has 0 saturated carbocycles. The number of nitrogens with zero attached hydrogens (tertiary/aromatic N) is 3. The number of benzene rings is 3. The number of hydrogen-bond acceptors (Lipinski definition) is 4. The average molecular weight is 468 g/mol. The molecule has 1 spiro atoms. The summed E-state index contributed by atoms with van der Waals surface area (Å²) in [6, 6.07) is 17.8. The molecule has 0 radical (unpaired) electrons. The number of rotatable bonds is 1. The van der Waals surface area contributed by atoms with Crippen LogP contribution in [0.2, 0.25) is 0 Å². The van der Waals surface area contributed by atoms with E-state index in [1.54, 1.807) is 0 Å². The number of ether oxygens (including phenoxy) is 1. The van der Waals surface area contributed by atoms with E-state index in [9.17, 15) is 0 Å². The number of likely N-dealkylation sites (N-methyl/N-ethyl adjacent to an activating group) is 1. The molecule has 1 atom stereocenters. The van der Waals surface area contributed by atoms with Crippen molar-refractivity contribution in [1.29, 1.82) is 0 Å². The summed E-state index contributed by atoms with van der Waals surface area (Å²) in [5.74, 6) is 0.886. The number of para-hydroxylation sites is 1. The average Bonchev–Trinajstić information content (AvgIpc) is 3.01. The summed E-state index contributed by atoms with van der Waals surface area (Å²) in [5, 5.41) is 2.47. The van der Waals surface area contributed by atoms with Crippen molar-refractivity contribution in [1.82, 2.24) is 0 Å². The molecule has 3 aromatic carbocycles. The fourth-order valence-corrected chi connectivity index (χ4v) is 6.32. The van der Waals surface area contributed by atoms with E-state index in [0.717, 1.165) is 24.5 Å². The van der Waals surface area contributed by atoms with Crippen LogP contribution >= 0.6 is 0 Å². The van der Waals surface area contributed by atoms with Gasteiger partial charge in [0.2, 0.25) is 5.72 Å². The van der Waals surface area contributed by atoms with Gasteiger partial charge < -0.3 is 14.5 Å². The second kappa shape index (κ2) is 7.49. The molecule has 1 saturated heterocycles. The zero-order valence-corrected chi connectivity index (χ0v) is 22.0. The van der Waals surface area contributed by atoms with Crippen LogP contribution in [0.4, 0.5) is 17.1 Å². The second-order valence-electron chi connectivity index (χ2n) is 12.1. The fraction of sp³-hybridized carbons (Fsp3) is 0.452. The maximum Gasteiger partial charge on any atom is 0.228 e. The van der Waals surface area contributed by atoms with Crippen LogP contribution in [-0.4, -0.2) is 32.1 Å². The van der Waals surface area contributed by atoms with E-state index in [0.29, 0.717) is 0 Å². The first-order chi connectivity index (χ1) is 16.6. The maximum absolute atomic E-state index is 7.08. The minimum atomic E-state index is -0.665. The highest BCUT2D eigenvalue weighted by molar-refractivity contribution is 6.06. The molecular formula is C31H37N3O. The topological polar surface area (TPSA) is 28.1 Å². The minimum Gasteiger partial charge on any atom is -0.459 e. The zero-order chi connectivity index (χ0) is 24.6. The Morgan fingerprint density at radius 2 is 1.63 bits per heavy atom. The monoisotopic (exact) mass is 467 g/mol. The SMILES string of the molecule is CN1c2ccccc2C(C)(C)C12C=Nc1c(cc(N3CCCCC3)c3cc(C(C)(C)C)ccc13)O2. The minimum absolute atomic E-state index is 0.0927. The molecule has 4 nitrogen and oxygen atoms in total. The highest BCUT2D eigenvalue weighted by Crippen LogP contribution is 2.55. The van der Waals surface area contributed by atoms with Crippen LogP contribution in [0.25, 0.3) is 10.8 Å². The van der Waals surface area contributed by atoms with E-state index < -0.39 is 5.72 Å². The van der Waals surface area contributed by atoms with Crippen molar-refractivity contribution in [3.05, 3.63) is 59.7 Å². The van der Waals surface area contributed by atoms with E-state index in [1.165, 1.54) is 52.5 Å². The molecule has 0 amide bonds. The van der Waals surface area contributed by atoms with Crippen molar-refractivity contribution in [2.75, 3.05) is 29.9 Å². The Morgan fingerprint density at radius 1 is 0.886 bits per heavy atom. The Morgan fingerprint density at radius 3 is 2.34 bits per heavy atom. The molecule has 0 N–H and O–H groups in total. The predicted molar refractivity (Wildman–Crippen MR) is 148 cm³/mol. The molecule has 0 bridgehead atoms. The number of fused-ring (bicyclic) bond motifs is 4. The van der Waals surface area contributed by atoms with Crippen LogP contribution < -0.4 is 14.5 Å². The summed E-state index contributed by atoms with van der Waals surface area (Å²) in [5.41, 5.74) is 5.27. The molecule has 3 aliphatic rings. The summed E-state index contributed by atoms with van der Waals surface area (Å²) in [7, 11) is 2.13. The lowest BCUT2D eigenvalue weighted by atomic mass is 9.77. The smallest absolute Gasteiger partial charge is 0.228 e. The van der Waals surface area contributed by atoms with Crippen LogP contribution in [0, 0.1) is 0 Å². The third kappa shape index (κ3) is 3.15. The third-order valence-corrected chi connectivity index (χ3v) is 8.58. The van der Waals surface area contributed by atoms with Crippen LogP contribution in [0.1, 0.15) is 65.0 Å². The predicted octanol–water partition coefficient (Wildman–Crippen LogP) is 7.35. The zero-order valence-electron chi connectivity index (χ0n) is 22.0. The van der Waals surface area contributed by atoms with Gasteiger partial charge in [0.15, 0.2) is 5.75 Å². The summed E-state index contributed by atoms with van der Waals surface area (Å²) in [6.07, 6.45) is 5.85. The van der Waals surface area contributed by atoms with Gasteiger partial charge in [-0.05, 0) is 61.8 Å². The van der Waals surface area contributed by atoms with Crippen LogP contribution in [-0.2, 0) is 10.8 Å². The first kappa shape index (κ1) is 22.5. The molecule has 35 heavy (non-hydrogen) atoms. The van der Waals surface area contributed by atoms with Gasteiger partial charge in [-0.2, -0.15) is 0 Å². The highest BCUT2D eigenvalue weighted by atomic mass is 16.5. The van der Waals surface area contributed by atoms with Crippen molar-refractivity contribution in [2.45, 2.75) is 70.4 Å². The molecule has 3 aromatic rings. The molecule has 6 rings (SSSR count). The van der Waals surface area contributed by atoms with Gasteiger partial charge in [-0.3, -0.25) is 4.99 Å². The van der Waals surface area contributed by atoms with E-state index in [-0.39, 0.29) is 10.8 Å². The summed E-state index contributed by atoms with van der Waals surface area (Å²) < 4.78 is 7.08. The maximum atomic E-state index is 7.08. The Kier molecular flexibility index (Phi) is 4.81. The molecule has 1 fully saturated rings. The lowest BCUT2D eigenvalue weighted by Gasteiger charge is -2.45. The van der Waals surface area contributed by atoms with Crippen molar-refractivity contribution in [3.8, 4) is 5.75 Å². The van der Waals surface area contributed by atoms with Gasteiger partial charge in [-0.25, -0.2) is 0 Å². The van der Waals surface area contributed by atoms with E-state index in [2.05, 4.69) is 100.0 Å². The molecule has 0 aliphatic carbocycles. The van der Waals surface area contributed by atoms with Gasteiger partial charge in [0, 0.05) is 48.4 Å². The molecule has 1 unspecified atom stereocenters. The van der Waals surface area contributed by atoms with Gasteiger partial charge in [-0.1, -0.05) is 51.1 Å². The number of piperidine rings is 1. The summed E-state index contributed by atoms with van der Waals surface area (Å²) in [4.78, 5) is 9.98. The highest BCUT2D eigenvalue weighted by Gasteiger charge is 2.58. The molecule has 182 valence electrons. The van der Waals surface area contributed by atoms with Crippen LogP contribution in [0.5, 0.6) is 5.75 Å². The van der Waals surface area contributed by atoms with Crippen LogP contribution in [0.15, 0.2) is 53.5 Å². The lowest BCUT2D eigenvalue weighted by molar-refractivity contribution is 0.0827. The number of hydrogen-bond donors (Lipinski definition) is 0. The standard InChI is InChI=1S/C31H37N3O/c1-29(2,3)21-14-15-22-23(18-21)26(34-16-10-7-11-17-34)19-27-28(22)32-20-31(35-27)30(4,5)24-12-8-9-13-25(24)33(31)6/h8-9,12-15,18-20H,7,10-11,16-17H2,1-6H3. The largest absolute Gasteiger partial charge is 0.459 e. The first-order valence-corrected chi connectivity index (χ1v) is 13.1. The molecule has 3 heterocycles. The summed E-state index contributed by atoms with van der Waals surface area (Å²) >= 11 is 0. The van der Waals surface area contributed by atoms with E-state index >= 15 is 0 Å². The van der Waals surface area contributed by atoms with E-state index in [1.807, 2.05) is 6.21 Å². The lowest BCUT2D eigenvalue weighted by Crippen LogP contribution is -2.61.